The molecule has 78 valence electrons. The third kappa shape index (κ3) is 2.13. The Bertz CT molecular complexity index is 290. The minimum Gasteiger partial charge on any atom is -0.323 e. The van der Waals surface area contributed by atoms with Crippen molar-refractivity contribution in [2.24, 2.45) is 12.8 Å². The van der Waals surface area contributed by atoms with Gasteiger partial charge in [0, 0.05) is 37.4 Å². The lowest BCUT2D eigenvalue weighted by Crippen LogP contribution is -2.39. The van der Waals surface area contributed by atoms with Gasteiger partial charge in [0.25, 0.3) is 0 Å². The van der Waals surface area contributed by atoms with Crippen LogP contribution in [0.3, 0.4) is 0 Å². The number of nitrogens with zero attached hydrogens (tertiary/aromatic N) is 2. The third-order valence-electron chi connectivity index (χ3n) is 2.88. The number of aryl methyl sites for hydroxylation is 1. The van der Waals surface area contributed by atoms with Crippen molar-refractivity contribution in [2.45, 2.75) is 31.3 Å². The minimum absolute atomic E-state index is 0.0734. The van der Waals surface area contributed by atoms with E-state index in [2.05, 4.69) is 10.4 Å². The van der Waals surface area contributed by atoms with Gasteiger partial charge in [-0.25, -0.2) is 0 Å². The van der Waals surface area contributed by atoms with Crippen molar-refractivity contribution in [1.29, 1.82) is 0 Å². The van der Waals surface area contributed by atoms with Crippen LogP contribution in [0.1, 0.15) is 30.9 Å². The molecule has 1 unspecified atom stereocenters. The summed E-state index contributed by atoms with van der Waals surface area (Å²) >= 11 is 0. The Morgan fingerprint density at radius 2 is 2.50 bits per heavy atom. The average molecular weight is 194 g/mol. The number of nitrogens with one attached hydrogen (secondary N) is 1. The first-order chi connectivity index (χ1) is 6.75. The number of hydrogen-bond acceptors (Lipinski definition) is 3. The number of hydrogen-bond donors (Lipinski definition) is 2. The molecular formula is C10H18N4. The van der Waals surface area contributed by atoms with Crippen LogP contribution in [-0.2, 0) is 7.05 Å². The van der Waals surface area contributed by atoms with Crippen LogP contribution in [0.5, 0.6) is 0 Å². The van der Waals surface area contributed by atoms with Gasteiger partial charge in [0.15, 0.2) is 0 Å². The summed E-state index contributed by atoms with van der Waals surface area (Å²) in [4.78, 5) is 0. The van der Waals surface area contributed by atoms with Gasteiger partial charge in [-0.2, -0.15) is 5.10 Å². The summed E-state index contributed by atoms with van der Waals surface area (Å²) in [5.74, 6) is 0. The Morgan fingerprint density at radius 1 is 1.71 bits per heavy atom. The Kier molecular flexibility index (Phi) is 2.84. The molecule has 0 radical (unpaired) electrons. The molecule has 0 aliphatic heterocycles. The summed E-state index contributed by atoms with van der Waals surface area (Å²) in [5.41, 5.74) is 7.13. The molecule has 1 aliphatic carbocycles. The van der Waals surface area contributed by atoms with E-state index in [4.69, 9.17) is 5.73 Å². The summed E-state index contributed by atoms with van der Waals surface area (Å²) in [6, 6.07) is 0.780. The van der Waals surface area contributed by atoms with Crippen molar-refractivity contribution in [3.8, 4) is 0 Å². The quantitative estimate of drug-likeness (QED) is 0.736. The van der Waals surface area contributed by atoms with Crippen LogP contribution in [0.4, 0.5) is 0 Å². The van der Waals surface area contributed by atoms with Crippen LogP contribution < -0.4 is 11.1 Å². The van der Waals surface area contributed by atoms with E-state index in [9.17, 15) is 0 Å². The zero-order valence-corrected chi connectivity index (χ0v) is 8.61. The van der Waals surface area contributed by atoms with E-state index in [1.807, 2.05) is 19.4 Å². The molecule has 4 heteroatoms. The Morgan fingerprint density at radius 3 is 3.00 bits per heavy atom. The Hall–Kier alpha value is -0.870. The molecule has 0 amide bonds. The first-order valence-corrected chi connectivity index (χ1v) is 5.23. The summed E-state index contributed by atoms with van der Waals surface area (Å²) < 4.78 is 1.79. The maximum Gasteiger partial charge on any atom is 0.0537 e. The summed E-state index contributed by atoms with van der Waals surface area (Å²) in [6.07, 6.45) is 7.79. The molecule has 1 aromatic heterocycles. The van der Waals surface area contributed by atoms with Crippen molar-refractivity contribution in [2.75, 3.05) is 6.54 Å². The van der Waals surface area contributed by atoms with E-state index >= 15 is 0 Å². The van der Waals surface area contributed by atoms with Crippen LogP contribution in [0.2, 0.25) is 0 Å². The van der Waals surface area contributed by atoms with Gasteiger partial charge >= 0.3 is 0 Å². The molecule has 3 N–H and O–H groups in total. The molecule has 0 saturated heterocycles. The van der Waals surface area contributed by atoms with Gasteiger partial charge in [0.05, 0.1) is 6.20 Å². The predicted molar refractivity (Wildman–Crippen MR) is 55.8 cm³/mol. The highest BCUT2D eigenvalue weighted by molar-refractivity contribution is 5.10. The van der Waals surface area contributed by atoms with Gasteiger partial charge in [0.1, 0.15) is 0 Å². The number of rotatable bonds is 4. The maximum atomic E-state index is 6.02. The predicted octanol–water partition coefficient (Wildman–Crippen LogP) is 0.562. The Labute approximate surface area is 84.5 Å². The zero-order chi connectivity index (χ0) is 9.97. The van der Waals surface area contributed by atoms with E-state index in [0.29, 0.717) is 6.04 Å². The lowest BCUT2D eigenvalue weighted by molar-refractivity contribution is 0.333. The zero-order valence-electron chi connectivity index (χ0n) is 8.61. The highest BCUT2D eigenvalue weighted by Crippen LogP contribution is 2.18. The topological polar surface area (TPSA) is 55.9 Å². The van der Waals surface area contributed by atoms with Gasteiger partial charge < -0.3 is 11.1 Å². The van der Waals surface area contributed by atoms with Crippen LogP contribution >= 0.6 is 0 Å². The molecule has 14 heavy (non-hydrogen) atoms. The van der Waals surface area contributed by atoms with Crippen molar-refractivity contribution < 1.29 is 0 Å². The molecule has 4 nitrogen and oxygen atoms in total. The summed E-state index contributed by atoms with van der Waals surface area (Å²) in [5, 5.41) is 7.57. The molecule has 1 aliphatic rings. The van der Waals surface area contributed by atoms with Gasteiger partial charge in [-0.15, -0.1) is 0 Å². The molecule has 1 fully saturated rings. The van der Waals surface area contributed by atoms with Crippen LogP contribution in [0.25, 0.3) is 0 Å². The molecule has 0 aromatic carbocycles. The fourth-order valence-corrected chi connectivity index (χ4v) is 1.66. The molecule has 1 aromatic rings. The normalized spacial score (nSPS) is 19.3. The highest BCUT2D eigenvalue weighted by atomic mass is 15.2. The van der Waals surface area contributed by atoms with Gasteiger partial charge in [0.2, 0.25) is 0 Å². The van der Waals surface area contributed by atoms with Crippen molar-refractivity contribution in [3.05, 3.63) is 18.0 Å². The second-order valence-corrected chi connectivity index (χ2v) is 4.09. The van der Waals surface area contributed by atoms with E-state index in [0.717, 1.165) is 12.1 Å². The smallest absolute Gasteiger partial charge is 0.0537 e. The van der Waals surface area contributed by atoms with Gasteiger partial charge in [-0.05, 0) is 12.8 Å². The first kappa shape index (κ1) is 9.68. The molecule has 2 rings (SSSR count). The first-order valence-electron chi connectivity index (χ1n) is 5.23. The van der Waals surface area contributed by atoms with Crippen LogP contribution in [0, 0.1) is 0 Å². The number of nitrogens with two attached hydrogens (primary N) is 1. The standard InChI is InChI=1S/C10H18N4/c1-14-7-8(5-13-14)10(11)6-12-9-3-2-4-9/h5,7,9-10,12H,2-4,6,11H2,1H3. The number of aromatic nitrogens is 2. The maximum absolute atomic E-state index is 6.02. The van der Waals surface area contributed by atoms with E-state index in [-0.39, 0.29) is 6.04 Å². The third-order valence-corrected chi connectivity index (χ3v) is 2.88. The minimum atomic E-state index is 0.0734. The second kappa shape index (κ2) is 4.11. The van der Waals surface area contributed by atoms with Crippen molar-refractivity contribution in [3.63, 3.8) is 0 Å². The second-order valence-electron chi connectivity index (χ2n) is 4.09. The van der Waals surface area contributed by atoms with Crippen molar-refractivity contribution >= 4 is 0 Å². The molecule has 0 bridgehead atoms. The molecule has 1 heterocycles. The molecular weight excluding hydrogens is 176 g/mol. The van der Waals surface area contributed by atoms with Crippen molar-refractivity contribution in [1.82, 2.24) is 15.1 Å². The fraction of sp³-hybridized carbons (Fsp3) is 0.700. The van der Waals surface area contributed by atoms with E-state index in [1.54, 1.807) is 4.68 Å². The van der Waals surface area contributed by atoms with Gasteiger partial charge in [-0.3, -0.25) is 4.68 Å². The summed E-state index contributed by atoms with van der Waals surface area (Å²) in [7, 11) is 1.91. The van der Waals surface area contributed by atoms with Gasteiger partial charge in [-0.1, -0.05) is 6.42 Å². The molecule has 0 spiro atoms. The fourth-order valence-electron chi connectivity index (χ4n) is 1.66. The van der Waals surface area contributed by atoms with E-state index < -0.39 is 0 Å². The molecule has 1 saturated carbocycles. The van der Waals surface area contributed by atoms with E-state index in [1.165, 1.54) is 19.3 Å². The SMILES string of the molecule is Cn1cc(C(N)CNC2CCC2)cn1. The highest BCUT2D eigenvalue weighted by Gasteiger charge is 2.17. The monoisotopic (exact) mass is 194 g/mol. The summed E-state index contributed by atoms with van der Waals surface area (Å²) in [6.45, 7) is 0.857. The Balaban J connectivity index is 1.79. The average Bonchev–Trinajstić information content (AvgIpc) is 2.49. The lowest BCUT2D eigenvalue weighted by atomic mass is 9.93. The van der Waals surface area contributed by atoms with Crippen LogP contribution in [0.15, 0.2) is 12.4 Å². The molecule has 1 atom stereocenters. The lowest BCUT2D eigenvalue weighted by Gasteiger charge is -2.27. The largest absolute Gasteiger partial charge is 0.323 e. The van der Waals surface area contributed by atoms with Crippen LogP contribution in [-0.4, -0.2) is 22.4 Å².